The van der Waals surface area contributed by atoms with Crippen molar-refractivity contribution in [1.29, 1.82) is 0 Å². The molecule has 110 valence electrons. The van der Waals surface area contributed by atoms with Crippen LogP contribution in [0.3, 0.4) is 0 Å². The molecule has 0 atom stereocenters. The van der Waals surface area contributed by atoms with Crippen LogP contribution < -0.4 is 10.1 Å². The summed E-state index contributed by atoms with van der Waals surface area (Å²) in [5.41, 5.74) is 0.465. The Labute approximate surface area is 127 Å². The second kappa shape index (κ2) is 7.03. The quantitative estimate of drug-likeness (QED) is 0.811. The zero-order chi connectivity index (χ0) is 15.2. The molecule has 1 amide bonds. The number of furan rings is 1. The van der Waals surface area contributed by atoms with Crippen molar-refractivity contribution in [3.8, 4) is 5.75 Å². The number of anilines is 1. The van der Waals surface area contributed by atoms with Crippen LogP contribution in [0.1, 0.15) is 5.76 Å². The molecule has 1 aromatic carbocycles. The topological polar surface area (TPSA) is 51.5 Å². The van der Waals surface area contributed by atoms with Gasteiger partial charge >= 0.3 is 6.61 Å². The summed E-state index contributed by atoms with van der Waals surface area (Å²) in [6, 6.07) is 9.02. The van der Waals surface area contributed by atoms with Crippen LogP contribution in [0.25, 0.3) is 6.08 Å². The molecule has 0 spiro atoms. The first-order chi connectivity index (χ1) is 10.0. The summed E-state index contributed by atoms with van der Waals surface area (Å²) in [4.78, 5) is 11.7. The van der Waals surface area contributed by atoms with Crippen molar-refractivity contribution >= 4 is 33.6 Å². The highest BCUT2D eigenvalue weighted by molar-refractivity contribution is 9.10. The highest BCUT2D eigenvalue weighted by Gasteiger charge is 2.04. The predicted octanol–water partition coefficient (Wildman–Crippen LogP) is 4.30. The minimum atomic E-state index is -2.87. The van der Waals surface area contributed by atoms with Gasteiger partial charge < -0.3 is 14.5 Å². The summed E-state index contributed by atoms with van der Waals surface area (Å²) in [7, 11) is 0. The first-order valence-corrected chi connectivity index (χ1v) is 6.61. The average molecular weight is 358 g/mol. The molecule has 21 heavy (non-hydrogen) atoms. The Hall–Kier alpha value is -2.15. The van der Waals surface area contributed by atoms with Crippen molar-refractivity contribution in [1.82, 2.24) is 0 Å². The summed E-state index contributed by atoms with van der Waals surface area (Å²) in [6.07, 6.45) is 2.81. The van der Waals surface area contributed by atoms with Crippen LogP contribution in [-0.2, 0) is 4.79 Å². The summed E-state index contributed by atoms with van der Waals surface area (Å²) >= 11 is 3.15. The second-order valence-electron chi connectivity index (χ2n) is 3.87. The number of amides is 1. The van der Waals surface area contributed by atoms with Gasteiger partial charge in [0.15, 0.2) is 4.67 Å². The van der Waals surface area contributed by atoms with Crippen molar-refractivity contribution in [3.63, 3.8) is 0 Å². The minimum absolute atomic E-state index is 0.0268. The first kappa shape index (κ1) is 15.2. The van der Waals surface area contributed by atoms with E-state index in [2.05, 4.69) is 26.0 Å². The average Bonchev–Trinajstić information content (AvgIpc) is 2.84. The van der Waals surface area contributed by atoms with Crippen LogP contribution in [0, 0.1) is 0 Å². The lowest BCUT2D eigenvalue weighted by atomic mass is 10.3. The predicted molar refractivity (Wildman–Crippen MR) is 77.1 cm³/mol. The highest BCUT2D eigenvalue weighted by atomic mass is 79.9. The molecule has 0 fully saturated rings. The third-order valence-corrected chi connectivity index (χ3v) is 2.77. The molecule has 1 heterocycles. The Morgan fingerprint density at radius 3 is 2.52 bits per heavy atom. The molecule has 0 saturated heterocycles. The molecule has 0 aliphatic heterocycles. The first-order valence-electron chi connectivity index (χ1n) is 5.82. The number of carbonyl (C=O) groups excluding carboxylic acids is 1. The molecule has 7 heteroatoms. The molecule has 0 saturated carbocycles. The lowest BCUT2D eigenvalue weighted by molar-refractivity contribution is -0.111. The number of hydrogen-bond donors (Lipinski definition) is 1. The fraction of sp³-hybridized carbons (Fsp3) is 0.0714. The number of ether oxygens (including phenoxy) is 1. The van der Waals surface area contributed by atoms with Gasteiger partial charge in [0.25, 0.3) is 0 Å². The van der Waals surface area contributed by atoms with Crippen LogP contribution in [0.15, 0.2) is 51.6 Å². The van der Waals surface area contributed by atoms with Crippen LogP contribution >= 0.6 is 15.9 Å². The van der Waals surface area contributed by atoms with Crippen molar-refractivity contribution < 1.29 is 22.7 Å². The molecule has 0 bridgehead atoms. The van der Waals surface area contributed by atoms with Gasteiger partial charge in [0.2, 0.25) is 5.91 Å². The van der Waals surface area contributed by atoms with E-state index in [0.29, 0.717) is 16.1 Å². The Balaban J connectivity index is 1.91. The molecule has 0 aliphatic rings. The van der Waals surface area contributed by atoms with Gasteiger partial charge in [0.1, 0.15) is 11.5 Å². The van der Waals surface area contributed by atoms with E-state index in [4.69, 9.17) is 4.42 Å². The third kappa shape index (κ3) is 5.03. The summed E-state index contributed by atoms with van der Waals surface area (Å²) < 4.78 is 33.9. The zero-order valence-corrected chi connectivity index (χ0v) is 12.1. The van der Waals surface area contributed by atoms with E-state index in [1.165, 1.54) is 36.4 Å². The van der Waals surface area contributed by atoms with Gasteiger partial charge in [-0.3, -0.25) is 4.79 Å². The Kier molecular flexibility index (Phi) is 5.10. The van der Waals surface area contributed by atoms with Gasteiger partial charge in [-0.25, -0.2) is 0 Å². The maximum atomic E-state index is 12.0. The maximum Gasteiger partial charge on any atom is 0.387 e. The lowest BCUT2D eigenvalue weighted by Gasteiger charge is -2.06. The van der Waals surface area contributed by atoms with Crippen molar-refractivity contribution in [2.24, 2.45) is 0 Å². The number of benzene rings is 1. The van der Waals surface area contributed by atoms with E-state index < -0.39 is 6.61 Å². The minimum Gasteiger partial charge on any atom is -0.450 e. The molecule has 0 radical (unpaired) electrons. The van der Waals surface area contributed by atoms with Crippen LogP contribution in [-0.4, -0.2) is 12.5 Å². The van der Waals surface area contributed by atoms with Gasteiger partial charge in [-0.1, -0.05) is 0 Å². The largest absolute Gasteiger partial charge is 0.450 e. The molecular formula is C14H10BrF2NO3. The SMILES string of the molecule is O=C(/C=C/c1ccc(Br)o1)Nc1ccc(OC(F)F)cc1. The number of nitrogens with one attached hydrogen (secondary N) is 1. The number of hydrogen-bond acceptors (Lipinski definition) is 3. The van der Waals surface area contributed by atoms with Crippen LogP contribution in [0.2, 0.25) is 0 Å². The maximum absolute atomic E-state index is 12.0. The van der Waals surface area contributed by atoms with E-state index in [1.54, 1.807) is 12.1 Å². The van der Waals surface area contributed by atoms with E-state index in [9.17, 15) is 13.6 Å². The smallest absolute Gasteiger partial charge is 0.387 e. The van der Waals surface area contributed by atoms with Crippen LogP contribution in [0.4, 0.5) is 14.5 Å². The van der Waals surface area contributed by atoms with E-state index in [0.717, 1.165) is 0 Å². The third-order valence-electron chi connectivity index (χ3n) is 2.34. The molecule has 0 aliphatic carbocycles. The number of rotatable bonds is 5. The molecule has 2 aromatic rings. The Morgan fingerprint density at radius 1 is 1.24 bits per heavy atom. The van der Waals surface area contributed by atoms with Crippen molar-refractivity contribution in [2.75, 3.05) is 5.32 Å². The number of halogens is 3. The number of alkyl halides is 2. The summed E-state index contributed by atoms with van der Waals surface area (Å²) in [5.74, 6) is 0.182. The molecule has 1 N–H and O–H groups in total. The fourth-order valence-electron chi connectivity index (χ4n) is 1.48. The van der Waals surface area contributed by atoms with E-state index in [1.807, 2.05) is 0 Å². The van der Waals surface area contributed by atoms with Gasteiger partial charge in [-0.05, 0) is 58.4 Å². The molecule has 4 nitrogen and oxygen atoms in total. The monoisotopic (exact) mass is 357 g/mol. The molecule has 0 unspecified atom stereocenters. The van der Waals surface area contributed by atoms with Crippen molar-refractivity contribution in [2.45, 2.75) is 6.61 Å². The Morgan fingerprint density at radius 2 is 1.95 bits per heavy atom. The summed E-state index contributed by atoms with van der Waals surface area (Å²) in [6.45, 7) is -2.87. The van der Waals surface area contributed by atoms with E-state index >= 15 is 0 Å². The fourth-order valence-corrected chi connectivity index (χ4v) is 1.80. The molecule has 1 aromatic heterocycles. The zero-order valence-electron chi connectivity index (χ0n) is 10.6. The van der Waals surface area contributed by atoms with Crippen LogP contribution in [0.5, 0.6) is 5.75 Å². The van der Waals surface area contributed by atoms with Gasteiger partial charge in [-0.2, -0.15) is 8.78 Å². The van der Waals surface area contributed by atoms with Gasteiger partial charge in [0, 0.05) is 11.8 Å². The second-order valence-corrected chi connectivity index (χ2v) is 4.65. The Bertz CT molecular complexity index is 638. The van der Waals surface area contributed by atoms with Gasteiger partial charge in [0.05, 0.1) is 0 Å². The molecular weight excluding hydrogens is 348 g/mol. The standard InChI is InChI=1S/C14H10BrF2NO3/c15-12-7-5-10(20-12)6-8-13(19)18-9-1-3-11(4-2-9)21-14(16)17/h1-8,14H,(H,18,19)/b8-6+. The van der Waals surface area contributed by atoms with Crippen molar-refractivity contribution in [3.05, 3.63) is 52.9 Å². The van der Waals surface area contributed by atoms with E-state index in [-0.39, 0.29) is 11.7 Å². The number of carbonyl (C=O) groups is 1. The normalized spacial score (nSPS) is 11.0. The lowest BCUT2D eigenvalue weighted by Crippen LogP contribution is -2.07. The molecule has 2 rings (SSSR count). The van der Waals surface area contributed by atoms with Gasteiger partial charge in [-0.15, -0.1) is 0 Å². The highest BCUT2D eigenvalue weighted by Crippen LogP contribution is 2.18. The summed E-state index contributed by atoms with van der Waals surface area (Å²) in [5, 5.41) is 2.58.